The number of esters is 1. The van der Waals surface area contributed by atoms with E-state index < -0.39 is 23.8 Å². The first kappa shape index (κ1) is 21.9. The Hall–Kier alpha value is -3.29. The second kappa shape index (κ2) is 8.68. The van der Waals surface area contributed by atoms with Crippen molar-refractivity contribution in [1.29, 1.82) is 0 Å². The molecule has 4 rings (SSSR count). The molecular formula is C24H23F3N2O3. The summed E-state index contributed by atoms with van der Waals surface area (Å²) in [5, 5.41) is 2.79. The van der Waals surface area contributed by atoms with Crippen LogP contribution in [-0.4, -0.2) is 36.1 Å². The van der Waals surface area contributed by atoms with Crippen molar-refractivity contribution in [1.82, 2.24) is 10.2 Å². The topological polar surface area (TPSA) is 58.6 Å². The molecule has 8 heteroatoms. The van der Waals surface area contributed by atoms with Crippen LogP contribution in [-0.2, 0) is 22.3 Å². The molecule has 2 aliphatic rings. The summed E-state index contributed by atoms with van der Waals surface area (Å²) in [6, 6.07) is 13.5. The van der Waals surface area contributed by atoms with E-state index in [9.17, 15) is 22.8 Å². The van der Waals surface area contributed by atoms with Gasteiger partial charge in [-0.15, -0.1) is 0 Å². The Morgan fingerprint density at radius 2 is 1.75 bits per heavy atom. The largest absolute Gasteiger partial charge is 0.466 e. The zero-order chi connectivity index (χ0) is 22.9. The molecule has 2 aromatic carbocycles. The molecule has 2 atom stereocenters. The molecule has 5 nitrogen and oxygen atoms in total. The molecular weight excluding hydrogens is 421 g/mol. The Labute approximate surface area is 183 Å². The number of carbonyl (C=O) groups is 2. The number of rotatable bonds is 4. The summed E-state index contributed by atoms with van der Waals surface area (Å²) in [7, 11) is 1.33. The molecule has 0 spiro atoms. The van der Waals surface area contributed by atoms with Gasteiger partial charge in [-0.2, -0.15) is 13.2 Å². The molecule has 168 valence electrons. The lowest BCUT2D eigenvalue weighted by Gasteiger charge is -2.37. The number of hydrogen-bond acceptors (Lipinski definition) is 3. The highest BCUT2D eigenvalue weighted by atomic mass is 19.4. The molecule has 2 aliphatic heterocycles. The smallest absolute Gasteiger partial charge is 0.416 e. The Kier molecular flexibility index (Phi) is 5.95. The average Bonchev–Trinajstić information content (AvgIpc) is 3.10. The molecule has 0 aromatic heterocycles. The molecule has 32 heavy (non-hydrogen) atoms. The van der Waals surface area contributed by atoms with E-state index >= 15 is 0 Å². The highest BCUT2D eigenvalue weighted by Crippen LogP contribution is 2.43. The zero-order valence-corrected chi connectivity index (χ0v) is 17.5. The van der Waals surface area contributed by atoms with E-state index in [0.717, 1.165) is 29.7 Å². The lowest BCUT2D eigenvalue weighted by molar-refractivity contribution is -0.138. The molecule has 0 unspecified atom stereocenters. The maximum atomic E-state index is 13.0. The third kappa shape index (κ3) is 4.22. The van der Waals surface area contributed by atoms with Gasteiger partial charge in [0.25, 0.3) is 0 Å². The second-order valence-electron chi connectivity index (χ2n) is 7.96. The first-order valence-corrected chi connectivity index (χ1v) is 10.4. The minimum absolute atomic E-state index is 0.0591. The van der Waals surface area contributed by atoms with Gasteiger partial charge in [0, 0.05) is 12.6 Å². The van der Waals surface area contributed by atoms with Crippen LogP contribution in [0.2, 0.25) is 0 Å². The van der Waals surface area contributed by atoms with Gasteiger partial charge in [0.2, 0.25) is 0 Å². The van der Waals surface area contributed by atoms with E-state index in [-0.39, 0.29) is 18.6 Å². The molecule has 1 fully saturated rings. The van der Waals surface area contributed by atoms with Crippen LogP contribution in [0.5, 0.6) is 0 Å². The van der Waals surface area contributed by atoms with Crippen LogP contribution in [0.4, 0.5) is 18.0 Å². The van der Waals surface area contributed by atoms with Crippen molar-refractivity contribution >= 4 is 17.6 Å². The summed E-state index contributed by atoms with van der Waals surface area (Å²) < 4.78 is 43.3. The van der Waals surface area contributed by atoms with Crippen molar-refractivity contribution in [2.75, 3.05) is 7.11 Å². The number of methoxy groups -OCH3 is 1. The van der Waals surface area contributed by atoms with Crippen LogP contribution in [0.25, 0.3) is 5.57 Å². The van der Waals surface area contributed by atoms with Gasteiger partial charge in [0.1, 0.15) is 0 Å². The van der Waals surface area contributed by atoms with Gasteiger partial charge in [-0.05, 0) is 48.1 Å². The van der Waals surface area contributed by atoms with E-state index in [4.69, 9.17) is 4.74 Å². The lowest BCUT2D eigenvalue weighted by Crippen LogP contribution is -2.50. The first-order chi connectivity index (χ1) is 15.3. The highest BCUT2D eigenvalue weighted by Gasteiger charge is 2.46. The Morgan fingerprint density at radius 3 is 2.38 bits per heavy atom. The molecule has 2 aromatic rings. The molecule has 0 saturated carbocycles. The van der Waals surface area contributed by atoms with E-state index in [1.807, 2.05) is 30.3 Å². The van der Waals surface area contributed by atoms with Crippen molar-refractivity contribution in [3.05, 3.63) is 76.9 Å². The summed E-state index contributed by atoms with van der Waals surface area (Å²) in [5.41, 5.74) is 2.16. The predicted molar refractivity (Wildman–Crippen MR) is 112 cm³/mol. The Balaban J connectivity index is 1.53. The van der Waals surface area contributed by atoms with Crippen LogP contribution >= 0.6 is 0 Å². The summed E-state index contributed by atoms with van der Waals surface area (Å²) in [4.78, 5) is 27.4. The van der Waals surface area contributed by atoms with E-state index in [1.165, 1.54) is 19.2 Å². The van der Waals surface area contributed by atoms with Crippen LogP contribution in [0, 0.1) is 0 Å². The van der Waals surface area contributed by atoms with Gasteiger partial charge in [-0.25, -0.2) is 9.59 Å². The van der Waals surface area contributed by atoms with Gasteiger partial charge in [0.05, 0.1) is 24.3 Å². The molecule has 2 bridgehead atoms. The van der Waals surface area contributed by atoms with Crippen molar-refractivity contribution in [3.63, 3.8) is 0 Å². The minimum atomic E-state index is -4.40. The third-order valence-electron chi connectivity index (χ3n) is 6.09. The van der Waals surface area contributed by atoms with Crippen LogP contribution in [0.15, 0.2) is 60.2 Å². The van der Waals surface area contributed by atoms with Crippen molar-refractivity contribution < 1.29 is 27.5 Å². The monoisotopic (exact) mass is 444 g/mol. The third-order valence-corrected chi connectivity index (χ3v) is 6.09. The summed E-state index contributed by atoms with van der Waals surface area (Å²) in [6.45, 7) is 0.0930. The maximum absolute atomic E-state index is 13.0. The van der Waals surface area contributed by atoms with E-state index in [2.05, 4.69) is 5.32 Å². The second-order valence-corrected chi connectivity index (χ2v) is 7.96. The Bertz CT molecular complexity index is 1030. The molecule has 0 aliphatic carbocycles. The Morgan fingerprint density at radius 1 is 1.06 bits per heavy atom. The zero-order valence-electron chi connectivity index (χ0n) is 17.5. The minimum Gasteiger partial charge on any atom is -0.466 e. The molecule has 0 radical (unpaired) electrons. The van der Waals surface area contributed by atoms with Crippen molar-refractivity contribution in [2.45, 2.75) is 44.1 Å². The number of nitrogens with zero attached hydrogens (tertiary/aromatic N) is 1. The van der Waals surface area contributed by atoms with Gasteiger partial charge in [-0.3, -0.25) is 0 Å². The van der Waals surface area contributed by atoms with E-state index in [1.54, 1.807) is 4.90 Å². The van der Waals surface area contributed by atoms with Gasteiger partial charge >= 0.3 is 18.2 Å². The normalized spacial score (nSPS) is 20.3. The summed E-state index contributed by atoms with van der Waals surface area (Å²) >= 11 is 0. The van der Waals surface area contributed by atoms with Gasteiger partial charge in [-0.1, -0.05) is 42.5 Å². The summed E-state index contributed by atoms with van der Waals surface area (Å²) in [6.07, 6.45) is -2.45. The van der Waals surface area contributed by atoms with Crippen LogP contribution in [0.3, 0.4) is 0 Å². The van der Waals surface area contributed by atoms with Crippen LogP contribution < -0.4 is 5.32 Å². The number of carbonyl (C=O) groups excluding carboxylic acids is 2. The number of hydrogen-bond donors (Lipinski definition) is 1. The van der Waals surface area contributed by atoms with Crippen molar-refractivity contribution in [2.24, 2.45) is 0 Å². The number of fused-ring (bicyclic) bond motifs is 2. The van der Waals surface area contributed by atoms with Crippen molar-refractivity contribution in [3.8, 4) is 0 Å². The number of halogens is 3. The number of amides is 2. The first-order valence-electron chi connectivity index (χ1n) is 10.4. The van der Waals surface area contributed by atoms with Gasteiger partial charge in [0.15, 0.2) is 0 Å². The number of urea groups is 1. The predicted octanol–water partition coefficient (Wildman–Crippen LogP) is 4.78. The molecule has 2 heterocycles. The standard InChI is InChI=1S/C24H23F3N2O3/c1-32-22(30)21-19(16-5-3-2-4-6-16)13-18-11-12-20(21)29(18)23(31)28-14-15-7-9-17(10-8-15)24(25,26)27/h2-10,18,20H,11-14H2,1H3,(H,28,31)/t18-,20+/m0/s1. The van der Waals surface area contributed by atoms with E-state index in [0.29, 0.717) is 24.0 Å². The fraction of sp³-hybridized carbons (Fsp3) is 0.333. The van der Waals surface area contributed by atoms with Crippen LogP contribution in [0.1, 0.15) is 36.0 Å². The maximum Gasteiger partial charge on any atom is 0.416 e. The molecule has 1 saturated heterocycles. The number of ether oxygens (including phenoxy) is 1. The fourth-order valence-corrected chi connectivity index (χ4v) is 4.58. The number of benzene rings is 2. The number of alkyl halides is 3. The van der Waals surface area contributed by atoms with Gasteiger partial charge < -0.3 is 15.0 Å². The SMILES string of the molecule is COC(=O)C1=C(c2ccccc2)C[C@@H]2CC[C@H]1N2C(=O)NCc1ccc(C(F)(F)F)cc1. The lowest BCUT2D eigenvalue weighted by atomic mass is 9.88. The quantitative estimate of drug-likeness (QED) is 0.691. The molecule has 2 amide bonds. The summed E-state index contributed by atoms with van der Waals surface area (Å²) in [5.74, 6) is -0.449. The number of nitrogens with one attached hydrogen (secondary N) is 1. The average molecular weight is 444 g/mol. The highest BCUT2D eigenvalue weighted by molar-refractivity contribution is 6.01. The molecule has 1 N–H and O–H groups in total. The fourth-order valence-electron chi connectivity index (χ4n) is 4.58.